The highest BCUT2D eigenvalue weighted by Gasteiger charge is 2.03. The Hall–Kier alpha value is -0.630. The number of para-hydroxylation sites is 1. The quantitative estimate of drug-likeness (QED) is 0.666. The molecule has 1 rings (SSSR count). The molecule has 1 aromatic carbocycles. The van der Waals surface area contributed by atoms with Gasteiger partial charge in [-0.3, -0.25) is 0 Å². The van der Waals surface area contributed by atoms with Gasteiger partial charge >= 0.3 is 8.60 Å². The molecule has 0 bridgehead atoms. The third-order valence-corrected chi connectivity index (χ3v) is 1.63. The second kappa shape index (κ2) is 3.67. The van der Waals surface area contributed by atoms with E-state index in [4.69, 9.17) is 14.3 Å². The van der Waals surface area contributed by atoms with Gasteiger partial charge in [-0.15, -0.1) is 0 Å². The van der Waals surface area contributed by atoms with Crippen LogP contribution in [0.15, 0.2) is 24.3 Å². The first-order valence-corrected chi connectivity index (χ1v) is 4.28. The lowest BCUT2D eigenvalue weighted by Crippen LogP contribution is -1.86. The predicted molar refractivity (Wildman–Crippen MR) is 43.2 cm³/mol. The lowest BCUT2D eigenvalue weighted by molar-refractivity contribution is 0.374. The van der Waals surface area contributed by atoms with Gasteiger partial charge in [0.15, 0.2) is 0 Å². The van der Waals surface area contributed by atoms with Crippen molar-refractivity contribution in [1.29, 1.82) is 0 Å². The highest BCUT2D eigenvalue weighted by atomic mass is 31.2. The van der Waals surface area contributed by atoms with E-state index in [9.17, 15) is 0 Å². The van der Waals surface area contributed by atoms with Gasteiger partial charge in [0.05, 0.1) is 0 Å². The predicted octanol–water partition coefficient (Wildman–Crippen LogP) is 1.59. The summed E-state index contributed by atoms with van der Waals surface area (Å²) < 4.78 is 4.72. The standard InChI is InChI=1S/C7H9O3P/c1-6-4-2-3-5-7(6)10-11(8)9/h2-5,8-9H,1H3. The molecule has 11 heavy (non-hydrogen) atoms. The third-order valence-electron chi connectivity index (χ3n) is 1.27. The topological polar surface area (TPSA) is 49.7 Å². The zero-order chi connectivity index (χ0) is 8.27. The first kappa shape index (κ1) is 8.47. The Morgan fingerprint density at radius 2 is 1.91 bits per heavy atom. The van der Waals surface area contributed by atoms with Crippen molar-refractivity contribution >= 4 is 8.60 Å². The van der Waals surface area contributed by atoms with Crippen molar-refractivity contribution in [2.24, 2.45) is 0 Å². The molecule has 0 spiro atoms. The summed E-state index contributed by atoms with van der Waals surface area (Å²) in [7, 11) is -2.29. The van der Waals surface area contributed by atoms with Crippen molar-refractivity contribution in [3.05, 3.63) is 29.8 Å². The highest BCUT2D eigenvalue weighted by Crippen LogP contribution is 2.30. The van der Waals surface area contributed by atoms with Crippen LogP contribution in [0.1, 0.15) is 5.56 Å². The Morgan fingerprint density at radius 3 is 2.45 bits per heavy atom. The maximum absolute atomic E-state index is 8.53. The molecule has 1 aromatic rings. The van der Waals surface area contributed by atoms with Crippen molar-refractivity contribution in [2.75, 3.05) is 0 Å². The Balaban J connectivity index is 2.78. The highest BCUT2D eigenvalue weighted by molar-refractivity contribution is 7.39. The molecule has 0 radical (unpaired) electrons. The van der Waals surface area contributed by atoms with Gasteiger partial charge in [-0.05, 0) is 18.6 Å². The van der Waals surface area contributed by atoms with E-state index in [1.165, 1.54) is 0 Å². The molecule has 0 saturated carbocycles. The summed E-state index contributed by atoms with van der Waals surface area (Å²) in [4.78, 5) is 17.1. The maximum Gasteiger partial charge on any atom is 0.391 e. The van der Waals surface area contributed by atoms with E-state index >= 15 is 0 Å². The van der Waals surface area contributed by atoms with Gasteiger partial charge in [-0.1, -0.05) is 18.2 Å². The molecule has 0 unspecified atom stereocenters. The zero-order valence-electron chi connectivity index (χ0n) is 6.06. The summed E-state index contributed by atoms with van der Waals surface area (Å²) in [6.07, 6.45) is 0. The van der Waals surface area contributed by atoms with Crippen LogP contribution in [0.2, 0.25) is 0 Å². The molecule has 0 fully saturated rings. The first-order chi connectivity index (χ1) is 5.20. The second-order valence-electron chi connectivity index (χ2n) is 2.11. The van der Waals surface area contributed by atoms with E-state index in [0.717, 1.165) is 5.56 Å². The normalized spacial score (nSPS) is 10.2. The van der Waals surface area contributed by atoms with E-state index in [0.29, 0.717) is 5.75 Å². The Bertz CT molecular complexity index is 237. The largest absolute Gasteiger partial charge is 0.427 e. The van der Waals surface area contributed by atoms with Gasteiger partial charge in [0, 0.05) is 0 Å². The third kappa shape index (κ3) is 2.46. The lowest BCUT2D eigenvalue weighted by atomic mass is 10.2. The van der Waals surface area contributed by atoms with E-state index in [2.05, 4.69) is 0 Å². The maximum atomic E-state index is 8.53. The Labute approximate surface area is 66.3 Å². The van der Waals surface area contributed by atoms with Gasteiger partial charge in [-0.25, -0.2) is 0 Å². The summed E-state index contributed by atoms with van der Waals surface area (Å²) in [5.41, 5.74) is 0.892. The molecule has 3 nitrogen and oxygen atoms in total. The summed E-state index contributed by atoms with van der Waals surface area (Å²) in [5, 5.41) is 0. The molecule has 0 atom stereocenters. The van der Waals surface area contributed by atoms with Crippen molar-refractivity contribution in [1.82, 2.24) is 0 Å². The van der Waals surface area contributed by atoms with E-state index in [1.54, 1.807) is 12.1 Å². The van der Waals surface area contributed by atoms with Gasteiger partial charge in [0.25, 0.3) is 0 Å². The molecule has 60 valence electrons. The molecule has 2 N–H and O–H groups in total. The molecule has 0 amide bonds. The zero-order valence-corrected chi connectivity index (χ0v) is 6.95. The summed E-state index contributed by atoms with van der Waals surface area (Å²) >= 11 is 0. The fourth-order valence-corrected chi connectivity index (χ4v) is 1.13. The summed E-state index contributed by atoms with van der Waals surface area (Å²) in [5.74, 6) is 0.517. The van der Waals surface area contributed by atoms with Crippen LogP contribution in [-0.2, 0) is 0 Å². The van der Waals surface area contributed by atoms with Crippen molar-refractivity contribution in [3.63, 3.8) is 0 Å². The smallest absolute Gasteiger partial charge is 0.391 e. The molecular formula is C7H9O3P. The fourth-order valence-electron chi connectivity index (χ4n) is 0.747. The minimum Gasteiger partial charge on any atom is -0.427 e. The Morgan fingerprint density at radius 1 is 1.27 bits per heavy atom. The molecule has 0 aliphatic heterocycles. The van der Waals surface area contributed by atoms with Crippen molar-refractivity contribution in [3.8, 4) is 5.75 Å². The molecule has 0 heterocycles. The van der Waals surface area contributed by atoms with Gasteiger partial charge in [0.1, 0.15) is 5.75 Å². The Kier molecular flexibility index (Phi) is 2.83. The second-order valence-corrected chi connectivity index (χ2v) is 2.80. The van der Waals surface area contributed by atoms with Crippen LogP contribution in [-0.4, -0.2) is 9.79 Å². The summed E-state index contributed by atoms with van der Waals surface area (Å²) in [6, 6.07) is 7.17. The van der Waals surface area contributed by atoms with Crippen LogP contribution >= 0.6 is 8.60 Å². The SMILES string of the molecule is Cc1ccccc1OP(O)O. The van der Waals surface area contributed by atoms with E-state index in [1.807, 2.05) is 19.1 Å². The molecule has 0 aliphatic rings. The number of hydrogen-bond acceptors (Lipinski definition) is 3. The van der Waals surface area contributed by atoms with E-state index in [-0.39, 0.29) is 0 Å². The molecule has 0 aromatic heterocycles. The van der Waals surface area contributed by atoms with Crippen LogP contribution in [0, 0.1) is 6.92 Å². The number of benzene rings is 1. The number of aryl methyl sites for hydroxylation is 1. The molecule has 0 saturated heterocycles. The van der Waals surface area contributed by atoms with Gasteiger partial charge in [0.2, 0.25) is 0 Å². The average Bonchev–Trinajstić information content (AvgIpc) is 1.93. The lowest BCUT2D eigenvalue weighted by Gasteiger charge is -2.06. The fraction of sp³-hybridized carbons (Fsp3) is 0.143. The van der Waals surface area contributed by atoms with Crippen molar-refractivity contribution in [2.45, 2.75) is 6.92 Å². The van der Waals surface area contributed by atoms with Crippen LogP contribution < -0.4 is 4.52 Å². The van der Waals surface area contributed by atoms with Crippen molar-refractivity contribution < 1.29 is 14.3 Å². The number of hydrogen-bond donors (Lipinski definition) is 2. The van der Waals surface area contributed by atoms with E-state index < -0.39 is 8.60 Å². The monoisotopic (exact) mass is 172 g/mol. The van der Waals surface area contributed by atoms with Crippen LogP contribution in [0.5, 0.6) is 5.75 Å². The van der Waals surface area contributed by atoms with Gasteiger partial charge in [-0.2, -0.15) is 0 Å². The minimum atomic E-state index is -2.29. The minimum absolute atomic E-state index is 0.517. The average molecular weight is 172 g/mol. The van der Waals surface area contributed by atoms with Crippen LogP contribution in [0.25, 0.3) is 0 Å². The van der Waals surface area contributed by atoms with Gasteiger partial charge < -0.3 is 14.3 Å². The number of rotatable bonds is 2. The van der Waals surface area contributed by atoms with Crippen LogP contribution in [0.4, 0.5) is 0 Å². The molecular weight excluding hydrogens is 163 g/mol. The molecule has 0 aliphatic carbocycles. The summed E-state index contributed by atoms with van der Waals surface area (Å²) in [6.45, 7) is 1.84. The molecule has 4 heteroatoms. The first-order valence-electron chi connectivity index (χ1n) is 3.11. The van der Waals surface area contributed by atoms with Crippen LogP contribution in [0.3, 0.4) is 0 Å².